The van der Waals surface area contributed by atoms with Gasteiger partial charge in [0.05, 0.1) is 23.9 Å². The lowest BCUT2D eigenvalue weighted by Crippen LogP contribution is -2.21. The Morgan fingerprint density at radius 1 is 0.939 bits per heavy atom. The third-order valence-electron chi connectivity index (χ3n) is 5.33. The number of carbonyl (C=O) groups is 2. The number of fused-ring (bicyclic) bond motifs is 1. The second kappa shape index (κ2) is 9.96. The molecule has 0 fully saturated rings. The van der Waals surface area contributed by atoms with E-state index in [1.165, 1.54) is 0 Å². The van der Waals surface area contributed by atoms with Crippen LogP contribution in [0.5, 0.6) is 5.75 Å². The molecule has 33 heavy (non-hydrogen) atoms. The zero-order valence-corrected chi connectivity index (χ0v) is 18.5. The fourth-order valence-electron chi connectivity index (χ4n) is 3.60. The van der Waals surface area contributed by atoms with E-state index in [-0.39, 0.29) is 6.61 Å². The SMILES string of the molecule is CCc1ccccc1NC(=O)COC(=O)c1cc(-c2ccc(OC)cc2)nc2ccccc12. The van der Waals surface area contributed by atoms with Gasteiger partial charge in [0.2, 0.25) is 0 Å². The van der Waals surface area contributed by atoms with Crippen molar-refractivity contribution in [1.29, 1.82) is 0 Å². The maximum Gasteiger partial charge on any atom is 0.339 e. The number of esters is 1. The zero-order chi connectivity index (χ0) is 23.2. The van der Waals surface area contributed by atoms with Crippen LogP contribution in [0.25, 0.3) is 22.2 Å². The van der Waals surface area contributed by atoms with Gasteiger partial charge in [-0.3, -0.25) is 4.79 Å². The van der Waals surface area contributed by atoms with E-state index in [2.05, 4.69) is 10.3 Å². The summed E-state index contributed by atoms with van der Waals surface area (Å²) in [6, 6.07) is 24.0. The Morgan fingerprint density at radius 3 is 2.42 bits per heavy atom. The number of amides is 1. The van der Waals surface area contributed by atoms with Crippen molar-refractivity contribution >= 4 is 28.5 Å². The molecule has 0 atom stereocenters. The highest BCUT2D eigenvalue weighted by Crippen LogP contribution is 2.27. The van der Waals surface area contributed by atoms with Crippen LogP contribution in [0.1, 0.15) is 22.8 Å². The van der Waals surface area contributed by atoms with Gasteiger partial charge in [-0.1, -0.05) is 43.3 Å². The van der Waals surface area contributed by atoms with Crippen molar-refractivity contribution in [3.8, 4) is 17.0 Å². The van der Waals surface area contributed by atoms with Crippen LogP contribution in [0.4, 0.5) is 5.69 Å². The number of pyridine rings is 1. The van der Waals surface area contributed by atoms with Crippen LogP contribution in [0.3, 0.4) is 0 Å². The third-order valence-corrected chi connectivity index (χ3v) is 5.33. The summed E-state index contributed by atoms with van der Waals surface area (Å²) < 4.78 is 10.6. The molecule has 166 valence electrons. The Bertz CT molecular complexity index is 1300. The molecular formula is C27H24N2O4. The van der Waals surface area contributed by atoms with Crippen LogP contribution in [-0.4, -0.2) is 30.6 Å². The van der Waals surface area contributed by atoms with Gasteiger partial charge in [-0.15, -0.1) is 0 Å². The number of rotatable bonds is 7. The number of hydrogen-bond acceptors (Lipinski definition) is 5. The predicted octanol–water partition coefficient (Wildman–Crippen LogP) is 5.27. The molecule has 3 aromatic carbocycles. The second-order valence-electron chi connectivity index (χ2n) is 7.44. The van der Waals surface area contributed by atoms with Crippen LogP contribution in [0, 0.1) is 0 Å². The molecule has 1 aromatic heterocycles. The first-order chi connectivity index (χ1) is 16.1. The number of para-hydroxylation sites is 2. The van der Waals surface area contributed by atoms with Crippen LogP contribution >= 0.6 is 0 Å². The highest BCUT2D eigenvalue weighted by atomic mass is 16.5. The molecule has 0 aliphatic carbocycles. The van der Waals surface area contributed by atoms with Crippen molar-refractivity contribution < 1.29 is 19.1 Å². The van der Waals surface area contributed by atoms with Crippen molar-refractivity contribution in [2.75, 3.05) is 19.0 Å². The number of aromatic nitrogens is 1. The van der Waals surface area contributed by atoms with E-state index in [4.69, 9.17) is 9.47 Å². The quantitative estimate of drug-likeness (QED) is 0.396. The molecule has 6 heteroatoms. The van der Waals surface area contributed by atoms with E-state index in [0.29, 0.717) is 22.2 Å². The van der Waals surface area contributed by atoms with Gasteiger partial charge in [0.25, 0.3) is 5.91 Å². The summed E-state index contributed by atoms with van der Waals surface area (Å²) in [6.07, 6.45) is 0.785. The number of ether oxygens (including phenoxy) is 2. The van der Waals surface area contributed by atoms with Gasteiger partial charge in [-0.25, -0.2) is 9.78 Å². The second-order valence-corrected chi connectivity index (χ2v) is 7.44. The van der Waals surface area contributed by atoms with E-state index in [0.717, 1.165) is 29.0 Å². The Kier molecular flexibility index (Phi) is 6.64. The predicted molar refractivity (Wildman–Crippen MR) is 128 cm³/mol. The first-order valence-corrected chi connectivity index (χ1v) is 10.7. The van der Waals surface area contributed by atoms with Gasteiger partial charge in [-0.2, -0.15) is 0 Å². The van der Waals surface area contributed by atoms with E-state index in [9.17, 15) is 9.59 Å². The van der Waals surface area contributed by atoms with E-state index < -0.39 is 11.9 Å². The van der Waals surface area contributed by atoms with Crippen LogP contribution < -0.4 is 10.1 Å². The van der Waals surface area contributed by atoms with Gasteiger partial charge in [0, 0.05) is 16.6 Å². The summed E-state index contributed by atoms with van der Waals surface area (Å²) in [4.78, 5) is 30.1. The van der Waals surface area contributed by atoms with Crippen LogP contribution in [0.15, 0.2) is 78.9 Å². The first-order valence-electron chi connectivity index (χ1n) is 10.7. The van der Waals surface area contributed by atoms with Crippen molar-refractivity contribution in [1.82, 2.24) is 4.98 Å². The molecule has 4 rings (SSSR count). The monoisotopic (exact) mass is 440 g/mol. The fourth-order valence-corrected chi connectivity index (χ4v) is 3.60. The molecule has 6 nitrogen and oxygen atoms in total. The molecular weight excluding hydrogens is 416 g/mol. The lowest BCUT2D eigenvalue weighted by molar-refractivity contribution is -0.119. The fraction of sp³-hybridized carbons (Fsp3) is 0.148. The summed E-state index contributed by atoms with van der Waals surface area (Å²) in [5, 5.41) is 3.48. The normalized spacial score (nSPS) is 10.6. The lowest BCUT2D eigenvalue weighted by atomic mass is 10.0. The Hall–Kier alpha value is -4.19. The van der Waals surface area contributed by atoms with Crippen molar-refractivity contribution in [3.63, 3.8) is 0 Å². The maximum atomic E-state index is 13.0. The Labute approximate surface area is 192 Å². The summed E-state index contributed by atoms with van der Waals surface area (Å²) in [7, 11) is 1.61. The average molecular weight is 440 g/mol. The number of nitrogens with zero attached hydrogens (tertiary/aromatic N) is 1. The number of benzene rings is 3. The van der Waals surface area contributed by atoms with Gasteiger partial charge < -0.3 is 14.8 Å². The van der Waals surface area contributed by atoms with Gasteiger partial charge in [0.15, 0.2) is 6.61 Å². The molecule has 0 saturated heterocycles. The summed E-state index contributed by atoms with van der Waals surface area (Å²) in [5.74, 6) is -0.241. The van der Waals surface area contributed by atoms with E-state index >= 15 is 0 Å². The summed E-state index contributed by atoms with van der Waals surface area (Å²) >= 11 is 0. The number of nitrogens with one attached hydrogen (secondary N) is 1. The molecule has 0 radical (unpaired) electrons. The minimum absolute atomic E-state index is 0.355. The minimum atomic E-state index is -0.581. The number of anilines is 1. The van der Waals surface area contributed by atoms with Gasteiger partial charge in [0.1, 0.15) is 5.75 Å². The smallest absolute Gasteiger partial charge is 0.339 e. The van der Waals surface area contributed by atoms with E-state index in [1.54, 1.807) is 13.2 Å². The van der Waals surface area contributed by atoms with Gasteiger partial charge in [-0.05, 0) is 54.4 Å². The molecule has 0 spiro atoms. The average Bonchev–Trinajstić information content (AvgIpc) is 2.87. The summed E-state index contributed by atoms with van der Waals surface area (Å²) in [6.45, 7) is 1.63. The zero-order valence-electron chi connectivity index (χ0n) is 18.5. The third kappa shape index (κ3) is 5.01. The molecule has 0 bridgehead atoms. The molecule has 1 N–H and O–H groups in total. The van der Waals surface area contributed by atoms with Crippen molar-refractivity contribution in [2.24, 2.45) is 0 Å². The van der Waals surface area contributed by atoms with Crippen LogP contribution in [-0.2, 0) is 16.0 Å². The molecule has 0 aliphatic heterocycles. The standard InChI is InChI=1S/C27H24N2O4/c1-3-18-8-4-6-10-23(18)29-26(30)17-33-27(31)22-16-25(19-12-14-20(32-2)15-13-19)28-24-11-7-5-9-21(22)24/h4-16H,3,17H2,1-2H3,(H,29,30). The molecule has 1 heterocycles. The molecule has 1 amide bonds. The van der Waals surface area contributed by atoms with E-state index in [1.807, 2.05) is 79.7 Å². The first kappa shape index (κ1) is 22.0. The van der Waals surface area contributed by atoms with Crippen molar-refractivity contribution in [3.05, 3.63) is 90.0 Å². The number of aryl methyl sites for hydroxylation is 1. The molecule has 0 unspecified atom stereocenters. The Morgan fingerprint density at radius 2 is 1.67 bits per heavy atom. The number of carbonyl (C=O) groups excluding carboxylic acids is 2. The molecule has 0 saturated carbocycles. The highest BCUT2D eigenvalue weighted by Gasteiger charge is 2.17. The van der Waals surface area contributed by atoms with Crippen molar-refractivity contribution in [2.45, 2.75) is 13.3 Å². The van der Waals surface area contributed by atoms with Crippen LogP contribution in [0.2, 0.25) is 0 Å². The summed E-state index contributed by atoms with van der Waals surface area (Å²) in [5.41, 5.74) is 4.22. The highest BCUT2D eigenvalue weighted by molar-refractivity contribution is 6.05. The molecule has 4 aromatic rings. The largest absolute Gasteiger partial charge is 0.497 e. The topological polar surface area (TPSA) is 77.5 Å². The van der Waals surface area contributed by atoms with Gasteiger partial charge >= 0.3 is 5.97 Å². The Balaban J connectivity index is 1.56. The number of methoxy groups -OCH3 is 1. The maximum absolute atomic E-state index is 13.0. The minimum Gasteiger partial charge on any atom is -0.497 e. The lowest BCUT2D eigenvalue weighted by Gasteiger charge is -2.12. The molecule has 0 aliphatic rings. The number of hydrogen-bond donors (Lipinski definition) is 1.